The Morgan fingerprint density at radius 3 is 2.42 bits per heavy atom. The first-order valence-corrected chi connectivity index (χ1v) is 6.79. The van der Waals surface area contributed by atoms with E-state index in [1.54, 1.807) is 36.2 Å². The summed E-state index contributed by atoms with van der Waals surface area (Å²) in [6.45, 7) is 5.20. The third kappa shape index (κ3) is 5.49. The van der Waals surface area contributed by atoms with Gasteiger partial charge in [-0.3, -0.25) is 4.79 Å². The average Bonchev–Trinajstić information content (AvgIpc) is 2.36. The predicted molar refractivity (Wildman–Crippen MR) is 80.1 cm³/mol. The summed E-state index contributed by atoms with van der Waals surface area (Å²) in [7, 11) is 1.81. The number of carbonyl (C=O) groups excluding carboxylic acids is 1. The zero-order chi connectivity index (χ0) is 14.4. The molecule has 1 amide bonds. The minimum Gasteiger partial charge on any atom is -0.344 e. The summed E-state index contributed by atoms with van der Waals surface area (Å²) >= 11 is 5.81. The van der Waals surface area contributed by atoms with E-state index in [1.165, 1.54) is 5.01 Å². The monoisotopic (exact) mass is 283 g/mol. The van der Waals surface area contributed by atoms with E-state index in [2.05, 4.69) is 13.8 Å². The quantitative estimate of drug-likeness (QED) is 0.645. The van der Waals surface area contributed by atoms with Gasteiger partial charge in [0.15, 0.2) is 0 Å². The molecule has 106 valence electrons. The fourth-order valence-electron chi connectivity index (χ4n) is 1.57. The summed E-state index contributed by atoms with van der Waals surface area (Å²) < 4.78 is 0. The highest BCUT2D eigenvalue weighted by Gasteiger charge is 2.13. The number of nitrogens with two attached hydrogens (primary N) is 1. The summed E-state index contributed by atoms with van der Waals surface area (Å²) in [6.07, 6.45) is 0.994. The number of nitrogens with zero attached hydrogens (tertiary/aromatic N) is 2. The summed E-state index contributed by atoms with van der Waals surface area (Å²) in [5.41, 5.74) is 0.773. The van der Waals surface area contributed by atoms with Crippen LogP contribution in [0.25, 0.3) is 0 Å². The van der Waals surface area contributed by atoms with Crippen molar-refractivity contribution in [2.45, 2.75) is 20.3 Å². The molecular formula is C14H22ClN3O. The van der Waals surface area contributed by atoms with Gasteiger partial charge in [0.1, 0.15) is 6.54 Å². The number of hydrogen-bond acceptors (Lipinski definition) is 3. The van der Waals surface area contributed by atoms with Crippen LogP contribution in [0.3, 0.4) is 0 Å². The van der Waals surface area contributed by atoms with Crippen LogP contribution in [-0.2, 0) is 4.79 Å². The van der Waals surface area contributed by atoms with Gasteiger partial charge in [-0.1, -0.05) is 25.4 Å². The number of hydrogen-bond donors (Lipinski definition) is 1. The van der Waals surface area contributed by atoms with Crippen LogP contribution in [0.2, 0.25) is 5.02 Å². The van der Waals surface area contributed by atoms with Crippen molar-refractivity contribution in [2.75, 3.05) is 25.1 Å². The van der Waals surface area contributed by atoms with E-state index in [0.29, 0.717) is 10.9 Å². The molecule has 5 heteroatoms. The van der Waals surface area contributed by atoms with Gasteiger partial charge in [-0.05, 0) is 36.6 Å². The van der Waals surface area contributed by atoms with Gasteiger partial charge in [0, 0.05) is 18.6 Å². The second-order valence-corrected chi connectivity index (χ2v) is 5.54. The van der Waals surface area contributed by atoms with Gasteiger partial charge in [0.2, 0.25) is 5.91 Å². The van der Waals surface area contributed by atoms with Crippen LogP contribution < -0.4 is 10.9 Å². The lowest BCUT2D eigenvalue weighted by molar-refractivity contribution is -0.128. The third-order valence-corrected chi connectivity index (χ3v) is 3.18. The van der Waals surface area contributed by atoms with Crippen LogP contribution in [-0.4, -0.2) is 30.9 Å². The highest BCUT2D eigenvalue weighted by Crippen LogP contribution is 2.15. The van der Waals surface area contributed by atoms with Gasteiger partial charge in [-0.25, -0.2) is 5.84 Å². The van der Waals surface area contributed by atoms with Crippen LogP contribution in [0.5, 0.6) is 0 Å². The Labute approximate surface area is 120 Å². The molecule has 0 aliphatic rings. The Morgan fingerprint density at radius 2 is 1.89 bits per heavy atom. The van der Waals surface area contributed by atoms with Crippen molar-refractivity contribution in [3.05, 3.63) is 29.3 Å². The molecule has 0 spiro atoms. The topological polar surface area (TPSA) is 49.6 Å². The van der Waals surface area contributed by atoms with Crippen molar-refractivity contribution in [1.29, 1.82) is 0 Å². The summed E-state index contributed by atoms with van der Waals surface area (Å²) in [6, 6.07) is 7.10. The van der Waals surface area contributed by atoms with Gasteiger partial charge in [0.05, 0.1) is 5.69 Å². The lowest BCUT2D eigenvalue weighted by Crippen LogP contribution is -2.42. The number of anilines is 1. The first-order chi connectivity index (χ1) is 8.90. The van der Waals surface area contributed by atoms with Crippen LogP contribution in [0.1, 0.15) is 20.3 Å². The van der Waals surface area contributed by atoms with Crippen molar-refractivity contribution < 1.29 is 4.79 Å². The van der Waals surface area contributed by atoms with Gasteiger partial charge in [-0.2, -0.15) is 0 Å². The molecule has 0 aromatic heterocycles. The molecule has 19 heavy (non-hydrogen) atoms. The lowest BCUT2D eigenvalue weighted by atomic mass is 10.1. The molecule has 0 saturated heterocycles. The van der Waals surface area contributed by atoms with Crippen LogP contribution >= 0.6 is 11.6 Å². The maximum absolute atomic E-state index is 12.0. The minimum atomic E-state index is 0.0121. The summed E-state index contributed by atoms with van der Waals surface area (Å²) in [4.78, 5) is 13.7. The number of hydrazine groups is 1. The Hall–Kier alpha value is -1.26. The van der Waals surface area contributed by atoms with Crippen molar-refractivity contribution in [3.8, 4) is 0 Å². The highest BCUT2D eigenvalue weighted by molar-refractivity contribution is 6.30. The fraction of sp³-hybridized carbons (Fsp3) is 0.500. The highest BCUT2D eigenvalue weighted by atomic mass is 35.5. The maximum atomic E-state index is 12.0. The standard InChI is InChI=1S/C14H22ClN3O/c1-11(2)8-9-17(3)14(19)10-18(16)13-6-4-12(15)5-7-13/h4-7,11H,8-10,16H2,1-3H3. The third-order valence-electron chi connectivity index (χ3n) is 2.93. The fourth-order valence-corrected chi connectivity index (χ4v) is 1.69. The number of carbonyl (C=O) groups is 1. The van der Waals surface area contributed by atoms with E-state index in [4.69, 9.17) is 17.4 Å². The smallest absolute Gasteiger partial charge is 0.243 e. The second kappa shape index (κ2) is 7.36. The Morgan fingerprint density at radius 1 is 1.32 bits per heavy atom. The molecule has 4 nitrogen and oxygen atoms in total. The van der Waals surface area contributed by atoms with E-state index in [1.807, 2.05) is 0 Å². The van der Waals surface area contributed by atoms with Crippen molar-refractivity contribution >= 4 is 23.2 Å². The Kier molecular flexibility index (Phi) is 6.12. The number of halogens is 1. The Balaban J connectivity index is 2.49. The van der Waals surface area contributed by atoms with Crippen molar-refractivity contribution in [1.82, 2.24) is 4.90 Å². The maximum Gasteiger partial charge on any atom is 0.243 e. The second-order valence-electron chi connectivity index (χ2n) is 5.10. The molecule has 1 rings (SSSR count). The number of amides is 1. The number of rotatable bonds is 6. The largest absolute Gasteiger partial charge is 0.344 e. The predicted octanol–water partition coefficient (Wildman–Crippen LogP) is 2.52. The molecule has 0 bridgehead atoms. The van der Waals surface area contributed by atoms with Crippen LogP contribution in [0.4, 0.5) is 5.69 Å². The number of benzene rings is 1. The van der Waals surface area contributed by atoms with E-state index in [9.17, 15) is 4.79 Å². The average molecular weight is 284 g/mol. The van der Waals surface area contributed by atoms with Gasteiger partial charge >= 0.3 is 0 Å². The molecule has 0 aliphatic carbocycles. The van der Waals surface area contributed by atoms with Crippen molar-refractivity contribution in [3.63, 3.8) is 0 Å². The van der Waals surface area contributed by atoms with E-state index >= 15 is 0 Å². The molecule has 0 aliphatic heterocycles. The SMILES string of the molecule is CC(C)CCN(C)C(=O)CN(N)c1ccc(Cl)cc1. The van der Waals surface area contributed by atoms with E-state index < -0.39 is 0 Å². The molecule has 0 saturated carbocycles. The molecule has 0 unspecified atom stereocenters. The summed E-state index contributed by atoms with van der Waals surface area (Å²) in [5, 5.41) is 2.09. The van der Waals surface area contributed by atoms with Crippen LogP contribution in [0, 0.1) is 5.92 Å². The molecule has 0 heterocycles. The molecular weight excluding hydrogens is 262 g/mol. The Bertz CT molecular complexity index is 406. The van der Waals surface area contributed by atoms with E-state index in [0.717, 1.165) is 18.7 Å². The van der Waals surface area contributed by atoms with Crippen LogP contribution in [0.15, 0.2) is 24.3 Å². The summed E-state index contributed by atoms with van der Waals surface area (Å²) in [5.74, 6) is 6.48. The molecule has 0 radical (unpaired) electrons. The zero-order valence-corrected chi connectivity index (χ0v) is 12.5. The van der Waals surface area contributed by atoms with Gasteiger partial charge in [-0.15, -0.1) is 0 Å². The minimum absolute atomic E-state index is 0.0121. The molecule has 2 N–H and O–H groups in total. The van der Waals surface area contributed by atoms with E-state index in [-0.39, 0.29) is 12.5 Å². The molecule has 1 aromatic carbocycles. The first-order valence-electron chi connectivity index (χ1n) is 6.42. The van der Waals surface area contributed by atoms with Gasteiger partial charge in [0.25, 0.3) is 0 Å². The zero-order valence-electron chi connectivity index (χ0n) is 11.8. The number of likely N-dealkylation sites (N-methyl/N-ethyl adjacent to an activating group) is 1. The first kappa shape index (κ1) is 15.8. The molecule has 0 fully saturated rings. The molecule has 0 atom stereocenters. The molecule has 1 aromatic rings. The van der Waals surface area contributed by atoms with Gasteiger partial charge < -0.3 is 9.91 Å². The lowest BCUT2D eigenvalue weighted by Gasteiger charge is -2.23. The van der Waals surface area contributed by atoms with Crippen molar-refractivity contribution in [2.24, 2.45) is 11.8 Å². The normalized spacial score (nSPS) is 10.6.